The van der Waals surface area contributed by atoms with E-state index in [4.69, 9.17) is 4.74 Å². The van der Waals surface area contributed by atoms with E-state index < -0.39 is 11.7 Å². The Labute approximate surface area is 153 Å². The van der Waals surface area contributed by atoms with Crippen LogP contribution >= 0.6 is 11.5 Å². The van der Waals surface area contributed by atoms with Crippen LogP contribution in [0.3, 0.4) is 0 Å². The Morgan fingerprint density at radius 2 is 1.92 bits per heavy atom. The van der Waals surface area contributed by atoms with Crippen molar-refractivity contribution in [3.05, 3.63) is 29.7 Å². The minimum atomic E-state index is -4.36. The molecule has 0 atom stereocenters. The third-order valence-corrected chi connectivity index (χ3v) is 4.97. The van der Waals surface area contributed by atoms with E-state index in [1.807, 2.05) is 4.90 Å². The molecule has 10 heteroatoms. The molecule has 0 aromatic carbocycles. The average molecular weight is 387 g/mol. The average Bonchev–Trinajstić information content (AvgIpc) is 2.95. The molecule has 1 saturated heterocycles. The number of pyridine rings is 1. The van der Waals surface area contributed by atoms with E-state index in [9.17, 15) is 13.2 Å². The van der Waals surface area contributed by atoms with Crippen LogP contribution in [-0.4, -0.2) is 54.2 Å². The smallest absolute Gasteiger partial charge is 0.384 e. The van der Waals surface area contributed by atoms with Crippen molar-refractivity contribution in [3.8, 4) is 0 Å². The second-order valence-corrected chi connectivity index (χ2v) is 6.70. The molecule has 2 aromatic rings. The molecule has 0 unspecified atom stereocenters. The summed E-state index contributed by atoms with van der Waals surface area (Å²) in [4.78, 5) is 12.7. The van der Waals surface area contributed by atoms with E-state index >= 15 is 0 Å². The Hall–Kier alpha value is -1.94. The molecule has 6 nitrogen and oxygen atoms in total. The second kappa shape index (κ2) is 8.17. The van der Waals surface area contributed by atoms with E-state index in [1.165, 1.54) is 17.6 Å². The molecule has 0 N–H and O–H groups in total. The number of ether oxygens (including phenoxy) is 1. The fourth-order valence-electron chi connectivity index (χ4n) is 2.75. The Bertz CT molecular complexity index is 707. The maximum absolute atomic E-state index is 12.7. The van der Waals surface area contributed by atoms with E-state index in [1.54, 1.807) is 7.11 Å². The third kappa shape index (κ3) is 4.61. The first-order chi connectivity index (χ1) is 12.5. The van der Waals surface area contributed by atoms with Gasteiger partial charge in [-0.3, -0.25) is 0 Å². The first kappa shape index (κ1) is 18.8. The lowest BCUT2D eigenvalue weighted by Crippen LogP contribution is -2.31. The molecular formula is C16H20F3N5OS. The predicted molar refractivity (Wildman–Crippen MR) is 93.8 cm³/mol. The number of anilines is 2. The molecule has 2 aromatic heterocycles. The fourth-order valence-corrected chi connectivity index (χ4v) is 3.51. The topological polar surface area (TPSA) is 54.4 Å². The summed E-state index contributed by atoms with van der Waals surface area (Å²) in [6.45, 7) is 3.55. The molecule has 0 aliphatic carbocycles. The van der Waals surface area contributed by atoms with Gasteiger partial charge in [0, 0.05) is 57.4 Å². The molecule has 142 valence electrons. The fraction of sp³-hybridized carbons (Fsp3) is 0.562. The van der Waals surface area contributed by atoms with Crippen LogP contribution in [0.4, 0.5) is 24.1 Å². The van der Waals surface area contributed by atoms with Crippen molar-refractivity contribution >= 4 is 22.5 Å². The standard InChI is InChI=1S/C16H20F3N5OS/c1-25-10-5-13-21-15(26-22-13)24-7-2-6-23(8-9-24)14-4-3-12(11-20-14)16(17,18)19/h3-4,11H,2,5-10H2,1H3. The number of methoxy groups -OCH3 is 1. The highest BCUT2D eigenvalue weighted by Crippen LogP contribution is 2.29. The number of alkyl halides is 3. The number of halogens is 3. The summed E-state index contributed by atoms with van der Waals surface area (Å²) in [5.41, 5.74) is -0.727. The maximum atomic E-state index is 12.7. The molecule has 26 heavy (non-hydrogen) atoms. The van der Waals surface area contributed by atoms with Crippen molar-refractivity contribution in [2.24, 2.45) is 0 Å². The number of hydrogen-bond acceptors (Lipinski definition) is 7. The summed E-state index contributed by atoms with van der Waals surface area (Å²) in [5.74, 6) is 1.34. The van der Waals surface area contributed by atoms with Crippen molar-refractivity contribution in [1.29, 1.82) is 0 Å². The zero-order valence-electron chi connectivity index (χ0n) is 14.4. The van der Waals surface area contributed by atoms with Gasteiger partial charge in [-0.15, -0.1) is 0 Å². The predicted octanol–water partition coefficient (Wildman–Crippen LogP) is 2.86. The second-order valence-electron chi connectivity index (χ2n) is 5.97. The van der Waals surface area contributed by atoms with Crippen molar-refractivity contribution < 1.29 is 17.9 Å². The van der Waals surface area contributed by atoms with Crippen LogP contribution in [0.15, 0.2) is 18.3 Å². The molecular weight excluding hydrogens is 367 g/mol. The van der Waals surface area contributed by atoms with Crippen molar-refractivity contribution in [1.82, 2.24) is 14.3 Å². The minimum absolute atomic E-state index is 0.567. The summed E-state index contributed by atoms with van der Waals surface area (Å²) >= 11 is 1.37. The van der Waals surface area contributed by atoms with Crippen LogP contribution in [0.25, 0.3) is 0 Å². The molecule has 1 aliphatic rings. The SMILES string of the molecule is COCCc1nsc(N2CCCN(c3ccc(C(F)(F)F)cn3)CC2)n1. The van der Waals surface area contributed by atoms with Crippen LogP contribution in [0, 0.1) is 0 Å². The van der Waals surface area contributed by atoms with Gasteiger partial charge in [0.1, 0.15) is 11.6 Å². The summed E-state index contributed by atoms with van der Waals surface area (Å²) in [6.07, 6.45) is -1.91. The van der Waals surface area contributed by atoms with Crippen molar-refractivity contribution in [2.75, 3.05) is 49.7 Å². The van der Waals surface area contributed by atoms with Gasteiger partial charge in [0.05, 0.1) is 12.2 Å². The summed E-state index contributed by atoms with van der Waals surface area (Å²) in [6, 6.07) is 2.52. The lowest BCUT2D eigenvalue weighted by Gasteiger charge is -2.22. The zero-order valence-corrected chi connectivity index (χ0v) is 15.2. The Morgan fingerprint density at radius 1 is 1.15 bits per heavy atom. The van der Waals surface area contributed by atoms with Gasteiger partial charge >= 0.3 is 6.18 Å². The molecule has 1 fully saturated rings. The number of nitrogens with zero attached hydrogens (tertiary/aromatic N) is 5. The normalized spacial score (nSPS) is 16.0. The number of aromatic nitrogens is 3. The van der Waals surface area contributed by atoms with Crippen LogP contribution in [0.2, 0.25) is 0 Å². The maximum Gasteiger partial charge on any atom is 0.417 e. The number of hydrogen-bond donors (Lipinski definition) is 0. The van der Waals surface area contributed by atoms with Gasteiger partial charge in [-0.1, -0.05) is 0 Å². The van der Waals surface area contributed by atoms with Crippen LogP contribution in [0.1, 0.15) is 17.8 Å². The number of rotatable bonds is 5. The van der Waals surface area contributed by atoms with E-state index in [0.717, 1.165) is 49.3 Å². The largest absolute Gasteiger partial charge is 0.417 e. The lowest BCUT2D eigenvalue weighted by atomic mass is 10.2. The van der Waals surface area contributed by atoms with Crippen molar-refractivity contribution in [2.45, 2.75) is 19.0 Å². The van der Waals surface area contributed by atoms with Gasteiger partial charge in [-0.2, -0.15) is 17.5 Å². The molecule has 1 aliphatic heterocycles. The lowest BCUT2D eigenvalue weighted by molar-refractivity contribution is -0.137. The quantitative estimate of drug-likeness (QED) is 0.787. The van der Waals surface area contributed by atoms with Gasteiger partial charge in [-0.25, -0.2) is 9.97 Å². The summed E-state index contributed by atoms with van der Waals surface area (Å²) < 4.78 is 47.4. The minimum Gasteiger partial charge on any atom is -0.384 e. The molecule has 0 spiro atoms. The van der Waals surface area contributed by atoms with Crippen LogP contribution < -0.4 is 9.80 Å². The van der Waals surface area contributed by atoms with E-state index in [-0.39, 0.29) is 0 Å². The van der Waals surface area contributed by atoms with Gasteiger partial charge in [0.25, 0.3) is 0 Å². The highest BCUT2D eigenvalue weighted by molar-refractivity contribution is 7.09. The molecule has 0 bridgehead atoms. The Morgan fingerprint density at radius 3 is 2.62 bits per heavy atom. The van der Waals surface area contributed by atoms with E-state index in [2.05, 4.69) is 19.2 Å². The van der Waals surface area contributed by atoms with Gasteiger partial charge in [0.2, 0.25) is 5.13 Å². The van der Waals surface area contributed by atoms with Crippen molar-refractivity contribution in [3.63, 3.8) is 0 Å². The van der Waals surface area contributed by atoms with Crippen LogP contribution in [0.5, 0.6) is 0 Å². The molecule has 3 heterocycles. The first-order valence-corrected chi connectivity index (χ1v) is 9.09. The molecule has 0 saturated carbocycles. The van der Waals surface area contributed by atoms with Gasteiger partial charge < -0.3 is 14.5 Å². The summed E-state index contributed by atoms with van der Waals surface area (Å²) in [5, 5.41) is 0.873. The highest BCUT2D eigenvalue weighted by atomic mass is 32.1. The Balaban J connectivity index is 1.62. The molecule has 3 rings (SSSR count). The van der Waals surface area contributed by atoms with Gasteiger partial charge in [0.15, 0.2) is 0 Å². The Kier molecular flexibility index (Phi) is 5.92. The van der Waals surface area contributed by atoms with E-state index in [0.29, 0.717) is 25.4 Å². The zero-order chi connectivity index (χ0) is 18.6. The monoisotopic (exact) mass is 387 g/mol. The first-order valence-electron chi connectivity index (χ1n) is 8.32. The highest BCUT2D eigenvalue weighted by Gasteiger charge is 2.31. The van der Waals surface area contributed by atoms with Crippen LogP contribution in [-0.2, 0) is 17.3 Å². The molecule has 0 radical (unpaired) electrons. The summed E-state index contributed by atoms with van der Waals surface area (Å²) in [7, 11) is 1.64. The molecule has 0 amide bonds. The van der Waals surface area contributed by atoms with Gasteiger partial charge in [-0.05, 0) is 18.6 Å². The third-order valence-electron chi connectivity index (χ3n) is 4.15.